The van der Waals surface area contributed by atoms with Crippen LogP contribution in [-0.2, 0) is 0 Å². The monoisotopic (exact) mass is 360 g/mol. The lowest BCUT2D eigenvalue weighted by Gasteiger charge is -2.28. The van der Waals surface area contributed by atoms with Crippen molar-refractivity contribution < 1.29 is 9.50 Å². The van der Waals surface area contributed by atoms with Crippen molar-refractivity contribution in [3.63, 3.8) is 0 Å². The third kappa shape index (κ3) is 3.13. The van der Waals surface area contributed by atoms with Gasteiger partial charge in [0.2, 0.25) is 0 Å². The average Bonchev–Trinajstić information content (AvgIpc) is 3.11. The average molecular weight is 360 g/mol. The lowest BCUT2D eigenvalue weighted by molar-refractivity contribution is 0.439. The van der Waals surface area contributed by atoms with E-state index in [1.54, 1.807) is 12.1 Å². The number of fused-ring (bicyclic) bond motifs is 1. The molecule has 27 heavy (non-hydrogen) atoms. The highest BCUT2D eigenvalue weighted by Crippen LogP contribution is 2.30. The molecule has 0 aromatic heterocycles. The number of allylic oxidation sites excluding steroid dienone is 2. The molecule has 4 N–H and O–H groups in total. The molecule has 0 radical (unpaired) electrons. The fourth-order valence-corrected chi connectivity index (χ4v) is 3.07. The molecule has 0 saturated heterocycles. The molecule has 2 aromatic rings. The standard InChI is InChI=1S/C21H17FN4O/c22-16-6-1-14(2-7-16)20(23)21(24)15-5-10-19-25-11-18(26(19)12-15)13-3-8-17(27)9-4-13/h1-12,19,23-25,27H. The van der Waals surface area contributed by atoms with E-state index in [1.807, 2.05) is 41.6 Å². The minimum Gasteiger partial charge on any atom is -0.508 e. The molecule has 1 atom stereocenters. The SMILES string of the molecule is N=C(C(=N)c1ccc(F)cc1)C1=CN2C(c3ccc(O)cc3)=CNC2C=C1. The molecule has 5 nitrogen and oxygen atoms in total. The Labute approximate surface area is 155 Å². The van der Waals surface area contributed by atoms with Crippen molar-refractivity contribution in [2.75, 3.05) is 0 Å². The number of benzene rings is 2. The largest absolute Gasteiger partial charge is 0.508 e. The van der Waals surface area contributed by atoms with E-state index in [0.717, 1.165) is 11.3 Å². The Balaban J connectivity index is 1.60. The van der Waals surface area contributed by atoms with Gasteiger partial charge in [0.05, 0.1) is 17.1 Å². The van der Waals surface area contributed by atoms with Crippen molar-refractivity contribution in [3.05, 3.63) is 95.6 Å². The van der Waals surface area contributed by atoms with Gasteiger partial charge >= 0.3 is 0 Å². The Bertz CT molecular complexity index is 1000. The molecular weight excluding hydrogens is 343 g/mol. The van der Waals surface area contributed by atoms with E-state index in [2.05, 4.69) is 5.32 Å². The Morgan fingerprint density at radius 3 is 2.41 bits per heavy atom. The minimum absolute atomic E-state index is 0.0340. The normalized spacial score (nSPS) is 17.7. The van der Waals surface area contributed by atoms with Gasteiger partial charge in [-0.05, 0) is 60.2 Å². The first kappa shape index (κ1) is 16.8. The van der Waals surface area contributed by atoms with Gasteiger partial charge in [0.15, 0.2) is 0 Å². The molecule has 0 spiro atoms. The molecule has 6 heteroatoms. The number of nitrogens with zero attached hydrogens (tertiary/aromatic N) is 1. The van der Waals surface area contributed by atoms with Crippen LogP contribution in [0.5, 0.6) is 5.75 Å². The maximum absolute atomic E-state index is 13.1. The number of rotatable bonds is 4. The zero-order valence-electron chi connectivity index (χ0n) is 14.3. The van der Waals surface area contributed by atoms with E-state index in [-0.39, 0.29) is 29.2 Å². The predicted molar refractivity (Wildman–Crippen MR) is 103 cm³/mol. The number of aromatic hydroxyl groups is 1. The third-order valence-electron chi connectivity index (χ3n) is 4.54. The highest BCUT2D eigenvalue weighted by atomic mass is 19.1. The molecule has 134 valence electrons. The van der Waals surface area contributed by atoms with Gasteiger partial charge in [-0.25, -0.2) is 4.39 Å². The zero-order chi connectivity index (χ0) is 19.0. The quantitative estimate of drug-likeness (QED) is 0.629. The number of phenols is 1. The molecular formula is C21H17FN4O. The molecule has 1 unspecified atom stereocenters. The maximum atomic E-state index is 13.1. The predicted octanol–water partition coefficient (Wildman–Crippen LogP) is 3.60. The maximum Gasteiger partial charge on any atom is 0.123 e. The Morgan fingerprint density at radius 1 is 1.00 bits per heavy atom. The van der Waals surface area contributed by atoms with Crippen LogP contribution in [0, 0.1) is 16.6 Å². The fraction of sp³-hybridized carbons (Fsp3) is 0.0476. The molecule has 0 aliphatic carbocycles. The molecule has 4 rings (SSSR count). The van der Waals surface area contributed by atoms with Gasteiger partial charge in [0.25, 0.3) is 0 Å². The summed E-state index contributed by atoms with van der Waals surface area (Å²) < 4.78 is 13.1. The fourth-order valence-electron chi connectivity index (χ4n) is 3.07. The van der Waals surface area contributed by atoms with Crippen LogP contribution < -0.4 is 5.32 Å². The van der Waals surface area contributed by atoms with Crippen LogP contribution in [0.3, 0.4) is 0 Å². The van der Waals surface area contributed by atoms with E-state index >= 15 is 0 Å². The summed E-state index contributed by atoms with van der Waals surface area (Å²) in [5, 5.41) is 29.4. The summed E-state index contributed by atoms with van der Waals surface area (Å²) in [4.78, 5) is 1.98. The molecule has 2 aromatic carbocycles. The third-order valence-corrected chi connectivity index (χ3v) is 4.54. The van der Waals surface area contributed by atoms with Gasteiger partial charge in [0.1, 0.15) is 17.7 Å². The van der Waals surface area contributed by atoms with Crippen molar-refractivity contribution in [2.24, 2.45) is 0 Å². The summed E-state index contributed by atoms with van der Waals surface area (Å²) in [6.45, 7) is 0. The first-order valence-corrected chi connectivity index (χ1v) is 8.41. The lowest BCUT2D eigenvalue weighted by atomic mass is 9.98. The first-order chi connectivity index (χ1) is 13.0. The van der Waals surface area contributed by atoms with Crippen LogP contribution in [0.2, 0.25) is 0 Å². The summed E-state index contributed by atoms with van der Waals surface area (Å²) >= 11 is 0. The summed E-state index contributed by atoms with van der Waals surface area (Å²) in [6, 6.07) is 12.5. The second-order valence-corrected chi connectivity index (χ2v) is 6.30. The Kier molecular flexibility index (Phi) is 4.08. The molecule has 0 bridgehead atoms. The number of halogens is 1. The van der Waals surface area contributed by atoms with Crippen LogP contribution in [0.25, 0.3) is 5.70 Å². The van der Waals surface area contributed by atoms with Crippen LogP contribution in [-0.4, -0.2) is 27.6 Å². The lowest BCUT2D eigenvalue weighted by Crippen LogP contribution is -2.34. The van der Waals surface area contributed by atoms with E-state index in [0.29, 0.717) is 11.1 Å². The van der Waals surface area contributed by atoms with Crippen molar-refractivity contribution in [2.45, 2.75) is 6.17 Å². The van der Waals surface area contributed by atoms with Gasteiger partial charge in [-0.3, -0.25) is 10.8 Å². The molecule has 2 heterocycles. The molecule has 0 fully saturated rings. The molecule has 0 amide bonds. The van der Waals surface area contributed by atoms with Crippen molar-refractivity contribution in [1.82, 2.24) is 10.2 Å². The second kappa shape index (κ2) is 6.57. The molecule has 2 aliphatic heterocycles. The second-order valence-electron chi connectivity index (χ2n) is 6.30. The molecule has 2 aliphatic rings. The van der Waals surface area contributed by atoms with Crippen LogP contribution in [0.15, 0.2) is 78.7 Å². The van der Waals surface area contributed by atoms with E-state index < -0.39 is 0 Å². The van der Waals surface area contributed by atoms with Crippen molar-refractivity contribution >= 4 is 17.1 Å². The number of hydrogen-bond acceptors (Lipinski definition) is 5. The topological polar surface area (TPSA) is 83.2 Å². The van der Waals surface area contributed by atoms with E-state index in [4.69, 9.17) is 10.8 Å². The number of phenolic OH excluding ortho intramolecular Hbond substituents is 1. The first-order valence-electron chi connectivity index (χ1n) is 8.41. The highest BCUT2D eigenvalue weighted by molar-refractivity contribution is 6.52. The summed E-state index contributed by atoms with van der Waals surface area (Å²) in [7, 11) is 0. The van der Waals surface area contributed by atoms with E-state index in [1.165, 1.54) is 24.3 Å². The van der Waals surface area contributed by atoms with E-state index in [9.17, 15) is 9.50 Å². The number of nitrogens with one attached hydrogen (secondary N) is 3. The smallest absolute Gasteiger partial charge is 0.123 e. The van der Waals surface area contributed by atoms with Crippen molar-refractivity contribution in [1.29, 1.82) is 10.8 Å². The van der Waals surface area contributed by atoms with Crippen LogP contribution in [0.4, 0.5) is 4.39 Å². The van der Waals surface area contributed by atoms with Gasteiger partial charge in [0, 0.05) is 23.5 Å². The molecule has 0 saturated carbocycles. The van der Waals surface area contributed by atoms with Crippen molar-refractivity contribution in [3.8, 4) is 5.75 Å². The zero-order valence-corrected chi connectivity index (χ0v) is 14.3. The van der Waals surface area contributed by atoms with Gasteiger partial charge < -0.3 is 15.3 Å². The van der Waals surface area contributed by atoms with Gasteiger partial charge in [-0.15, -0.1) is 0 Å². The van der Waals surface area contributed by atoms with Crippen LogP contribution in [0.1, 0.15) is 11.1 Å². The van der Waals surface area contributed by atoms with Gasteiger partial charge in [-0.2, -0.15) is 0 Å². The summed E-state index contributed by atoms with van der Waals surface area (Å²) in [6.07, 6.45) is 7.37. The Hall–Kier alpha value is -3.67. The highest BCUT2D eigenvalue weighted by Gasteiger charge is 2.27. The van der Waals surface area contributed by atoms with Gasteiger partial charge in [-0.1, -0.05) is 6.08 Å². The minimum atomic E-state index is -0.371. The van der Waals surface area contributed by atoms with Crippen LogP contribution >= 0.6 is 0 Å². The Morgan fingerprint density at radius 2 is 1.70 bits per heavy atom. The summed E-state index contributed by atoms with van der Waals surface area (Å²) in [5.74, 6) is -0.171. The number of hydrogen-bond donors (Lipinski definition) is 4. The summed E-state index contributed by atoms with van der Waals surface area (Å²) in [5.41, 5.74) is 3.01.